The number of carboxylic acid groups (broad SMARTS) is 1. The number of carbonyl (C=O) groups excluding carboxylic acids is 1. The summed E-state index contributed by atoms with van der Waals surface area (Å²) < 4.78 is 5.21. The average Bonchev–Trinajstić information content (AvgIpc) is 2.44. The van der Waals surface area contributed by atoms with E-state index in [2.05, 4.69) is 5.32 Å². The van der Waals surface area contributed by atoms with Crippen LogP contribution in [0.3, 0.4) is 0 Å². The quantitative estimate of drug-likeness (QED) is 0.876. The summed E-state index contributed by atoms with van der Waals surface area (Å²) in [5.74, 6) is -0.961. The molecule has 2 rings (SSSR count). The smallest absolute Gasteiger partial charge is 0.407 e. The van der Waals surface area contributed by atoms with Crippen LogP contribution in [0.2, 0.25) is 0 Å². The standard InChI is InChI=1S/C19H23NO4/c1-19(2,3)24-18(23)20-16(12-17(21)22)11-13-8-9-14-6-4-5-7-15(14)10-13/h4-10,16H,11-12H2,1-3H3,(H,20,23)(H,21,22)/t16-/m0/s1. The molecule has 0 spiro atoms. The molecule has 1 atom stereocenters. The highest BCUT2D eigenvalue weighted by atomic mass is 16.6. The molecule has 0 saturated heterocycles. The zero-order valence-corrected chi connectivity index (χ0v) is 14.2. The first kappa shape index (κ1) is 17.8. The Kier molecular flexibility index (Phi) is 5.44. The van der Waals surface area contributed by atoms with E-state index in [9.17, 15) is 9.59 Å². The van der Waals surface area contributed by atoms with Gasteiger partial charge in [-0.3, -0.25) is 4.79 Å². The van der Waals surface area contributed by atoms with Crippen LogP contribution in [-0.4, -0.2) is 28.8 Å². The van der Waals surface area contributed by atoms with Gasteiger partial charge in [-0.25, -0.2) is 4.79 Å². The van der Waals surface area contributed by atoms with E-state index in [4.69, 9.17) is 9.84 Å². The summed E-state index contributed by atoms with van der Waals surface area (Å²) >= 11 is 0. The Bertz CT molecular complexity index is 733. The van der Waals surface area contributed by atoms with Crippen LogP contribution in [0.1, 0.15) is 32.8 Å². The van der Waals surface area contributed by atoms with Crippen LogP contribution in [0, 0.1) is 0 Å². The highest BCUT2D eigenvalue weighted by Crippen LogP contribution is 2.17. The Labute approximate surface area is 141 Å². The molecule has 0 aliphatic heterocycles. The molecule has 0 unspecified atom stereocenters. The molecular formula is C19H23NO4. The van der Waals surface area contributed by atoms with E-state index in [0.717, 1.165) is 16.3 Å². The number of carbonyl (C=O) groups is 2. The Hall–Kier alpha value is -2.56. The van der Waals surface area contributed by atoms with E-state index in [1.54, 1.807) is 20.8 Å². The monoisotopic (exact) mass is 329 g/mol. The molecule has 0 saturated carbocycles. The molecule has 5 nitrogen and oxygen atoms in total. The number of aliphatic carboxylic acids is 1. The third kappa shape index (κ3) is 5.57. The van der Waals surface area contributed by atoms with Crippen molar-refractivity contribution in [2.75, 3.05) is 0 Å². The molecule has 0 aromatic heterocycles. The van der Waals surface area contributed by atoms with E-state index in [0.29, 0.717) is 6.42 Å². The zero-order valence-electron chi connectivity index (χ0n) is 14.2. The minimum absolute atomic E-state index is 0.161. The highest BCUT2D eigenvalue weighted by molar-refractivity contribution is 5.83. The summed E-state index contributed by atoms with van der Waals surface area (Å²) in [5, 5.41) is 14.0. The fourth-order valence-electron chi connectivity index (χ4n) is 2.51. The van der Waals surface area contributed by atoms with Crippen molar-refractivity contribution in [2.45, 2.75) is 45.3 Å². The molecule has 2 N–H and O–H groups in total. The maximum Gasteiger partial charge on any atom is 0.407 e. The lowest BCUT2D eigenvalue weighted by Gasteiger charge is -2.23. The SMILES string of the molecule is CC(C)(C)OC(=O)N[C@H](CC(=O)O)Cc1ccc2ccccc2c1. The first-order chi connectivity index (χ1) is 11.2. The molecule has 2 aromatic rings. The van der Waals surface area contributed by atoms with E-state index in [1.165, 1.54) is 0 Å². The molecule has 0 aliphatic carbocycles. The van der Waals surface area contributed by atoms with E-state index >= 15 is 0 Å². The van der Waals surface area contributed by atoms with Crippen LogP contribution >= 0.6 is 0 Å². The lowest BCUT2D eigenvalue weighted by molar-refractivity contribution is -0.137. The molecule has 2 aromatic carbocycles. The van der Waals surface area contributed by atoms with Gasteiger partial charge < -0.3 is 15.2 Å². The normalized spacial score (nSPS) is 12.6. The Morgan fingerprint density at radius 3 is 2.42 bits per heavy atom. The predicted molar refractivity (Wildman–Crippen MR) is 93.1 cm³/mol. The first-order valence-electron chi connectivity index (χ1n) is 7.92. The van der Waals surface area contributed by atoms with Crippen LogP contribution in [-0.2, 0) is 16.0 Å². The number of hydrogen-bond acceptors (Lipinski definition) is 3. The molecule has 0 heterocycles. The van der Waals surface area contributed by atoms with E-state index in [-0.39, 0.29) is 6.42 Å². The summed E-state index contributed by atoms with van der Waals surface area (Å²) in [6.45, 7) is 5.30. The first-order valence-corrected chi connectivity index (χ1v) is 7.92. The second-order valence-electron chi connectivity index (χ2n) is 6.83. The summed E-state index contributed by atoms with van der Waals surface area (Å²) in [5.41, 5.74) is 0.344. The topological polar surface area (TPSA) is 75.6 Å². The van der Waals surface area contributed by atoms with Crippen molar-refractivity contribution in [1.29, 1.82) is 0 Å². The molecule has 24 heavy (non-hydrogen) atoms. The van der Waals surface area contributed by atoms with Gasteiger partial charge >= 0.3 is 12.1 Å². The van der Waals surface area contributed by atoms with Crippen LogP contribution < -0.4 is 5.32 Å². The van der Waals surface area contributed by atoms with Crippen molar-refractivity contribution in [3.05, 3.63) is 48.0 Å². The van der Waals surface area contributed by atoms with E-state index < -0.39 is 23.7 Å². The number of benzene rings is 2. The maximum absolute atomic E-state index is 11.9. The lowest BCUT2D eigenvalue weighted by atomic mass is 10.00. The third-order valence-electron chi connectivity index (χ3n) is 3.44. The number of ether oxygens (including phenoxy) is 1. The average molecular weight is 329 g/mol. The number of carboxylic acids is 1. The van der Waals surface area contributed by atoms with E-state index in [1.807, 2.05) is 42.5 Å². The third-order valence-corrected chi connectivity index (χ3v) is 3.44. The van der Waals surface area contributed by atoms with Crippen molar-refractivity contribution in [2.24, 2.45) is 0 Å². The molecule has 0 fully saturated rings. The Morgan fingerprint density at radius 1 is 1.12 bits per heavy atom. The van der Waals surface area contributed by atoms with Crippen LogP contribution in [0.4, 0.5) is 4.79 Å². The van der Waals surface area contributed by atoms with Gasteiger partial charge in [0.2, 0.25) is 0 Å². The maximum atomic E-state index is 11.9. The number of hydrogen-bond donors (Lipinski definition) is 2. The number of fused-ring (bicyclic) bond motifs is 1. The summed E-state index contributed by atoms with van der Waals surface area (Å²) in [6, 6.07) is 13.4. The zero-order chi connectivity index (χ0) is 17.7. The minimum atomic E-state index is -0.961. The fourth-order valence-corrected chi connectivity index (χ4v) is 2.51. The van der Waals surface area contributed by atoms with Gasteiger partial charge in [0, 0.05) is 6.04 Å². The summed E-state index contributed by atoms with van der Waals surface area (Å²) in [6.07, 6.45) is -0.336. The Balaban J connectivity index is 2.11. The second-order valence-corrected chi connectivity index (χ2v) is 6.83. The molecule has 0 aliphatic rings. The fraction of sp³-hybridized carbons (Fsp3) is 0.368. The second kappa shape index (κ2) is 7.34. The number of alkyl carbamates (subject to hydrolysis) is 1. The number of rotatable bonds is 5. The minimum Gasteiger partial charge on any atom is -0.481 e. The molecule has 0 bridgehead atoms. The van der Waals surface area contributed by atoms with Gasteiger partial charge in [-0.05, 0) is 43.5 Å². The largest absolute Gasteiger partial charge is 0.481 e. The van der Waals surface area contributed by atoms with Gasteiger partial charge in [0.15, 0.2) is 0 Å². The van der Waals surface area contributed by atoms with Crippen molar-refractivity contribution < 1.29 is 19.4 Å². The molecule has 5 heteroatoms. The van der Waals surface area contributed by atoms with Crippen LogP contribution in [0.25, 0.3) is 10.8 Å². The highest BCUT2D eigenvalue weighted by Gasteiger charge is 2.21. The lowest BCUT2D eigenvalue weighted by Crippen LogP contribution is -2.41. The molecule has 1 amide bonds. The predicted octanol–water partition coefficient (Wildman–Crippen LogP) is 3.75. The van der Waals surface area contributed by atoms with Crippen LogP contribution in [0.5, 0.6) is 0 Å². The van der Waals surface area contributed by atoms with Gasteiger partial charge in [-0.2, -0.15) is 0 Å². The summed E-state index contributed by atoms with van der Waals surface area (Å²) in [4.78, 5) is 23.0. The van der Waals surface area contributed by atoms with Gasteiger partial charge in [-0.1, -0.05) is 42.5 Å². The van der Waals surface area contributed by atoms with Gasteiger partial charge in [-0.15, -0.1) is 0 Å². The van der Waals surface area contributed by atoms with Crippen molar-refractivity contribution in [3.8, 4) is 0 Å². The van der Waals surface area contributed by atoms with Crippen molar-refractivity contribution in [1.82, 2.24) is 5.32 Å². The van der Waals surface area contributed by atoms with Crippen LogP contribution in [0.15, 0.2) is 42.5 Å². The van der Waals surface area contributed by atoms with Gasteiger partial charge in [0.25, 0.3) is 0 Å². The molecule has 128 valence electrons. The number of nitrogens with one attached hydrogen (secondary N) is 1. The van der Waals surface area contributed by atoms with Crippen molar-refractivity contribution in [3.63, 3.8) is 0 Å². The summed E-state index contributed by atoms with van der Waals surface area (Å²) in [7, 11) is 0. The Morgan fingerprint density at radius 2 is 1.79 bits per heavy atom. The number of amides is 1. The van der Waals surface area contributed by atoms with Gasteiger partial charge in [0.05, 0.1) is 6.42 Å². The van der Waals surface area contributed by atoms with Crippen molar-refractivity contribution >= 4 is 22.8 Å². The molecular weight excluding hydrogens is 306 g/mol. The molecule has 0 radical (unpaired) electrons. The van der Waals surface area contributed by atoms with Gasteiger partial charge in [0.1, 0.15) is 5.60 Å².